The zero-order valence-electron chi connectivity index (χ0n) is 29.1. The Morgan fingerprint density at radius 1 is 0.940 bits per heavy atom. The van der Waals surface area contributed by atoms with Crippen molar-refractivity contribution in [2.75, 3.05) is 51.1 Å². The molecule has 272 valence electrons. The van der Waals surface area contributed by atoms with Crippen molar-refractivity contribution in [1.29, 1.82) is 0 Å². The minimum Gasteiger partial charge on any atom is -0.598 e. The van der Waals surface area contributed by atoms with E-state index in [-0.39, 0.29) is 35.4 Å². The number of fused-ring (bicyclic) bond motifs is 1. The normalized spacial score (nSPS) is 21.4. The van der Waals surface area contributed by atoms with Gasteiger partial charge >= 0.3 is 12.1 Å². The highest BCUT2D eigenvalue weighted by atomic mass is 79.9. The minimum atomic E-state index is -1.00. The third-order valence-corrected chi connectivity index (χ3v) is 13.2. The van der Waals surface area contributed by atoms with Crippen molar-refractivity contribution in [2.24, 2.45) is 11.8 Å². The number of nitrogens with one attached hydrogen (secondary N) is 1. The summed E-state index contributed by atoms with van der Waals surface area (Å²) in [5, 5.41) is 13.2. The Labute approximate surface area is 307 Å². The van der Waals surface area contributed by atoms with Crippen LogP contribution in [0.4, 0.5) is 15.3 Å². The van der Waals surface area contributed by atoms with Crippen molar-refractivity contribution < 1.29 is 28.8 Å². The Morgan fingerprint density at radius 3 is 2.24 bits per heavy atom. The average molecular weight is 773 g/mol. The number of phenolic OH excluding ortho intramolecular Hbond substituents is 1. The molecule has 3 fully saturated rings. The number of hydrogen-bond acceptors (Lipinski definition) is 7. The maximum absolute atomic E-state index is 14.0. The van der Waals surface area contributed by atoms with Crippen molar-refractivity contribution in [3.63, 3.8) is 0 Å². The maximum atomic E-state index is 14.0. The summed E-state index contributed by atoms with van der Waals surface area (Å²) in [7, 11) is 0. The van der Waals surface area contributed by atoms with E-state index in [0.29, 0.717) is 61.9 Å². The Bertz CT molecular complexity index is 1510. The van der Waals surface area contributed by atoms with Crippen LogP contribution in [0.3, 0.4) is 0 Å². The Balaban J connectivity index is 1.04. The zero-order chi connectivity index (χ0) is 35.4. The number of carbonyl (C=O) groups is 3. The fourth-order valence-corrected chi connectivity index (χ4v) is 9.58. The van der Waals surface area contributed by atoms with Gasteiger partial charge in [-0.2, -0.15) is 0 Å². The van der Waals surface area contributed by atoms with Gasteiger partial charge in [0, 0.05) is 75.3 Å². The molecule has 2 atom stereocenters. The number of aromatic hydroxyl groups is 1. The van der Waals surface area contributed by atoms with Gasteiger partial charge in [0.15, 0.2) is 6.10 Å². The number of halogens is 1. The topological polar surface area (TPSA) is 129 Å². The van der Waals surface area contributed by atoms with Crippen molar-refractivity contribution >= 4 is 51.0 Å². The van der Waals surface area contributed by atoms with Crippen LogP contribution in [0.5, 0.6) is 5.75 Å². The quantitative estimate of drug-likeness (QED) is 0.326. The van der Waals surface area contributed by atoms with Crippen LogP contribution in [0.2, 0.25) is 0 Å². The largest absolute Gasteiger partial charge is 0.598 e. The number of urea groups is 1. The van der Waals surface area contributed by atoms with Gasteiger partial charge in [-0.15, -0.1) is 4.31 Å². The van der Waals surface area contributed by atoms with Crippen molar-refractivity contribution in [3.05, 3.63) is 58.1 Å². The van der Waals surface area contributed by atoms with E-state index in [1.54, 1.807) is 23.1 Å². The lowest BCUT2D eigenvalue weighted by molar-refractivity contribution is -0.142. The van der Waals surface area contributed by atoms with Gasteiger partial charge in [-0.1, -0.05) is 24.3 Å². The highest BCUT2D eigenvalue weighted by Gasteiger charge is 2.38. The summed E-state index contributed by atoms with van der Waals surface area (Å²) >= 11 is 2.43. The summed E-state index contributed by atoms with van der Waals surface area (Å²) in [4.78, 5) is 46.1. The summed E-state index contributed by atoms with van der Waals surface area (Å²) in [6.07, 6.45) is 4.55. The number of carbonyl (C=O) groups excluding carboxylic acids is 3. The van der Waals surface area contributed by atoms with Crippen molar-refractivity contribution in [3.8, 4) is 5.75 Å². The molecule has 13 heteroatoms. The zero-order valence-corrected chi connectivity index (χ0v) is 31.5. The summed E-state index contributed by atoms with van der Waals surface area (Å²) in [6.45, 7) is 8.41. The number of rotatable bonds is 8. The van der Waals surface area contributed by atoms with Crippen molar-refractivity contribution in [1.82, 2.24) is 19.0 Å². The predicted octanol–water partition coefficient (Wildman–Crippen LogP) is 5.78. The highest BCUT2D eigenvalue weighted by molar-refractivity contribution is 9.10. The average Bonchev–Trinajstić information content (AvgIpc) is 3.30. The number of hydrogen-bond donors (Lipinski definition) is 2. The van der Waals surface area contributed by atoms with E-state index in [1.807, 2.05) is 47.9 Å². The molecular weight excluding hydrogens is 722 g/mol. The van der Waals surface area contributed by atoms with E-state index in [2.05, 4.69) is 25.6 Å². The molecule has 4 heterocycles. The number of para-hydroxylation sites is 1. The molecule has 0 aromatic heterocycles. The second-order valence-electron chi connectivity index (χ2n) is 14.4. The van der Waals surface area contributed by atoms with Gasteiger partial charge in [0.25, 0.3) is 5.91 Å². The molecule has 0 bridgehead atoms. The summed E-state index contributed by atoms with van der Waals surface area (Å²) in [5.74, 6) is 0.986. The Hall–Kier alpha value is -3.00. The molecule has 50 heavy (non-hydrogen) atoms. The monoisotopic (exact) mass is 771 g/mol. The van der Waals surface area contributed by atoms with Crippen LogP contribution >= 0.6 is 15.9 Å². The Kier molecular flexibility index (Phi) is 12.2. The molecule has 0 radical (unpaired) electrons. The van der Waals surface area contributed by atoms with Crippen LogP contribution in [-0.4, -0.2) is 110 Å². The van der Waals surface area contributed by atoms with Crippen LogP contribution in [-0.2, 0) is 33.7 Å². The lowest BCUT2D eigenvalue weighted by atomic mass is 9.79. The maximum Gasteiger partial charge on any atom is 0.410 e. The molecule has 0 spiro atoms. The van der Waals surface area contributed by atoms with Gasteiger partial charge in [0.2, 0.25) is 0 Å². The van der Waals surface area contributed by atoms with Gasteiger partial charge < -0.3 is 34.4 Å². The minimum absolute atomic E-state index is 0.00558. The van der Waals surface area contributed by atoms with E-state index < -0.39 is 23.6 Å². The third kappa shape index (κ3) is 8.71. The lowest BCUT2D eigenvalue weighted by Gasteiger charge is -2.41. The molecular formula is C37H50BrN5O6S. The molecule has 3 saturated heterocycles. The molecule has 1 unspecified atom stereocenters. The van der Waals surface area contributed by atoms with Gasteiger partial charge in [0.05, 0.1) is 4.47 Å². The molecule has 2 aromatic carbocycles. The molecule has 4 amide bonds. The number of piperidine rings is 3. The first-order chi connectivity index (χ1) is 24.1. The number of amides is 4. The van der Waals surface area contributed by atoms with Crippen LogP contribution in [0.1, 0.15) is 63.5 Å². The van der Waals surface area contributed by atoms with Gasteiger partial charge in [0.1, 0.15) is 11.0 Å². The smallest absolute Gasteiger partial charge is 0.410 e. The molecule has 4 aliphatic heterocycles. The molecule has 0 aliphatic carbocycles. The number of anilines is 1. The van der Waals surface area contributed by atoms with E-state index in [1.165, 1.54) is 0 Å². The van der Waals surface area contributed by atoms with Crippen LogP contribution < -0.4 is 5.32 Å². The highest BCUT2D eigenvalue weighted by Crippen LogP contribution is 2.34. The van der Waals surface area contributed by atoms with E-state index in [0.717, 1.165) is 62.0 Å². The third-order valence-electron chi connectivity index (χ3n) is 10.9. The predicted molar refractivity (Wildman–Crippen MR) is 197 cm³/mol. The Morgan fingerprint density at radius 2 is 1.58 bits per heavy atom. The van der Waals surface area contributed by atoms with Gasteiger partial charge in [-0.05, 0) is 116 Å². The lowest BCUT2D eigenvalue weighted by Crippen LogP contribution is -2.52. The number of phenols is 1. The summed E-state index contributed by atoms with van der Waals surface area (Å²) in [6, 6.07) is 12.8. The van der Waals surface area contributed by atoms with E-state index in [9.17, 15) is 24.0 Å². The number of nitrogens with zero attached hydrogens (tertiary/aromatic N) is 4. The number of benzene rings is 2. The van der Waals surface area contributed by atoms with Crippen molar-refractivity contribution in [2.45, 2.75) is 82.6 Å². The van der Waals surface area contributed by atoms with Gasteiger partial charge in [-0.25, -0.2) is 9.59 Å². The second kappa shape index (κ2) is 16.6. The molecule has 2 aromatic rings. The molecule has 4 aliphatic rings. The number of likely N-dealkylation sites (tertiary alicyclic amines) is 2. The van der Waals surface area contributed by atoms with Gasteiger partial charge in [-0.3, -0.25) is 4.79 Å². The summed E-state index contributed by atoms with van der Waals surface area (Å²) < 4.78 is 21.2. The summed E-state index contributed by atoms with van der Waals surface area (Å²) in [5.41, 5.74) is 2.74. The molecule has 0 saturated carbocycles. The van der Waals surface area contributed by atoms with Crippen LogP contribution in [0.15, 0.2) is 46.9 Å². The van der Waals surface area contributed by atoms with Crippen LogP contribution in [0.25, 0.3) is 0 Å². The fraction of sp³-hybridized carbons (Fsp3) is 0.595. The van der Waals surface area contributed by atoms with E-state index >= 15 is 0 Å². The first kappa shape index (κ1) is 36.8. The first-order valence-electron chi connectivity index (χ1n) is 18.1. The van der Waals surface area contributed by atoms with Crippen LogP contribution in [0, 0.1) is 11.8 Å². The molecule has 6 rings (SSSR count). The molecule has 11 nitrogen and oxygen atoms in total. The standard InChI is InChI=1S/C37H50BrN5O6S/c1-25(2)50(48)42-20-11-28(12-21-42)27-9-16-40(17-10-27)35(45)34(24-26-7-8-33(44)31(38)23-26)49-37(47)41-18-14-30(15-19-41)43-22-13-29-5-3-4-6-32(29)39-36(43)46/h3-8,23,25,27-28,30,34,44H,9-22,24H2,1-2H3,(H,39,46)/t34-,50?/m1/s1. The fourth-order valence-electron chi connectivity index (χ4n) is 7.99. The second-order valence-corrected chi connectivity index (χ2v) is 17.2. The SMILES string of the molecule is CC(C)[S+]([O-])N1CCC(C2CCN(C(=O)[C@@H](Cc3ccc(O)c(Br)c3)OC(=O)N3CCC(N4CCc5ccccc5NC4=O)CC3)CC2)CC1. The number of ether oxygens (including phenoxy) is 1. The molecule has 2 N–H and O–H groups in total. The van der Waals surface area contributed by atoms with E-state index in [4.69, 9.17) is 4.74 Å². The first-order valence-corrected chi connectivity index (χ1v) is 20.1.